The summed E-state index contributed by atoms with van der Waals surface area (Å²) < 4.78 is 1.50. The lowest BCUT2D eigenvalue weighted by Crippen LogP contribution is -2.61. The average Bonchev–Trinajstić information content (AvgIpc) is 3.27. The van der Waals surface area contributed by atoms with Crippen LogP contribution in [0.1, 0.15) is 59.8 Å². The number of piperidine rings is 1. The fraction of sp³-hybridized carbons (Fsp3) is 0.519. The second-order valence-electron chi connectivity index (χ2n) is 10.7. The molecule has 3 aliphatic rings. The number of hydrogen-bond donors (Lipinski definition) is 1. The third-order valence-corrected chi connectivity index (χ3v) is 9.93. The second-order valence-corrected chi connectivity index (χ2v) is 11.7. The predicted molar refractivity (Wildman–Crippen MR) is 135 cm³/mol. The third-order valence-electron chi connectivity index (χ3n) is 8.74. The highest BCUT2D eigenvalue weighted by Gasteiger charge is 2.59. The van der Waals surface area contributed by atoms with Gasteiger partial charge in [0, 0.05) is 30.6 Å². The van der Waals surface area contributed by atoms with Gasteiger partial charge in [0.15, 0.2) is 0 Å². The molecule has 0 radical (unpaired) electrons. The summed E-state index contributed by atoms with van der Waals surface area (Å²) in [5.74, 6) is 0.0776. The van der Waals surface area contributed by atoms with E-state index in [2.05, 4.69) is 46.4 Å². The van der Waals surface area contributed by atoms with E-state index in [0.717, 1.165) is 31.2 Å². The molecule has 1 aromatic carbocycles. The number of nitrogens with zero attached hydrogens (tertiary/aromatic N) is 3. The molecule has 1 saturated carbocycles. The maximum absolute atomic E-state index is 14.4. The Morgan fingerprint density at radius 1 is 1.24 bits per heavy atom. The first-order valence-corrected chi connectivity index (χ1v) is 13.3. The first-order valence-electron chi connectivity index (χ1n) is 12.5. The maximum atomic E-state index is 14.4. The highest BCUT2D eigenvalue weighted by Crippen LogP contribution is 2.52. The average molecular weight is 477 g/mol. The summed E-state index contributed by atoms with van der Waals surface area (Å²) in [7, 11) is 1.71. The summed E-state index contributed by atoms with van der Waals surface area (Å²) >= 11 is 1.38. The fourth-order valence-corrected chi connectivity index (χ4v) is 8.05. The molecule has 34 heavy (non-hydrogen) atoms. The van der Waals surface area contributed by atoms with Gasteiger partial charge in [0.05, 0.1) is 22.6 Å². The number of carbonyl (C=O) groups excluding carboxylic acids is 1. The van der Waals surface area contributed by atoms with Gasteiger partial charge >= 0.3 is 0 Å². The molecular weight excluding hydrogens is 444 g/mol. The van der Waals surface area contributed by atoms with Gasteiger partial charge in [-0.2, -0.15) is 0 Å². The zero-order chi connectivity index (χ0) is 23.6. The van der Waals surface area contributed by atoms with Gasteiger partial charge in [-0.3, -0.25) is 9.59 Å². The summed E-state index contributed by atoms with van der Waals surface area (Å²) in [4.78, 5) is 35.3. The van der Waals surface area contributed by atoms with E-state index in [4.69, 9.17) is 0 Å². The Labute approximate surface area is 204 Å². The third kappa shape index (κ3) is 3.20. The minimum Gasteiger partial charge on any atom is -0.329 e. The van der Waals surface area contributed by atoms with Gasteiger partial charge in [-0.15, -0.1) is 11.3 Å². The molecule has 2 aliphatic heterocycles. The molecule has 1 N–H and O–H groups in total. The standard InChI is InChI=1S/C27H32N4O2S/c1-16-22-24(28-15-30(3)25(22)32)34-23(16)26(33)31-19(13-17-9-5-4-6-10-17)18-14-27(2)20(29-18)11-7-8-12-21(27)31/h4-6,9-10,15,18-21,29H,7-8,11-14H2,1-3H3/t18-,19-,20-,21+,27-/m0/s1. The van der Waals surface area contributed by atoms with Crippen molar-refractivity contribution in [3.05, 3.63) is 63.0 Å². The molecular formula is C27H32N4O2S. The van der Waals surface area contributed by atoms with Gasteiger partial charge in [-0.25, -0.2) is 4.98 Å². The zero-order valence-corrected chi connectivity index (χ0v) is 20.9. The van der Waals surface area contributed by atoms with Crippen molar-refractivity contribution >= 4 is 27.5 Å². The van der Waals surface area contributed by atoms with Gasteiger partial charge in [0.1, 0.15) is 4.83 Å². The second kappa shape index (κ2) is 8.02. The molecule has 2 aromatic heterocycles. The van der Waals surface area contributed by atoms with Crippen LogP contribution in [0.2, 0.25) is 0 Å². The Hall–Kier alpha value is -2.51. The number of amides is 1. The lowest BCUT2D eigenvalue weighted by atomic mass is 9.69. The van der Waals surface area contributed by atoms with Gasteiger partial charge in [-0.1, -0.05) is 50.1 Å². The Morgan fingerprint density at radius 2 is 2.00 bits per heavy atom. The largest absolute Gasteiger partial charge is 0.329 e. The smallest absolute Gasteiger partial charge is 0.264 e. The van der Waals surface area contributed by atoms with Crippen LogP contribution in [0, 0.1) is 12.3 Å². The summed E-state index contributed by atoms with van der Waals surface area (Å²) in [5.41, 5.74) is 2.04. The van der Waals surface area contributed by atoms with Crippen LogP contribution in [0.4, 0.5) is 0 Å². The molecule has 178 valence electrons. The monoisotopic (exact) mass is 476 g/mol. The normalized spacial score (nSPS) is 30.5. The van der Waals surface area contributed by atoms with E-state index in [0.29, 0.717) is 21.1 Å². The number of carbonyl (C=O) groups is 1. The summed E-state index contributed by atoms with van der Waals surface area (Å²) in [6.07, 6.45) is 8.11. The molecule has 0 spiro atoms. The Bertz CT molecular complexity index is 1320. The van der Waals surface area contributed by atoms with E-state index in [9.17, 15) is 9.59 Å². The summed E-state index contributed by atoms with van der Waals surface area (Å²) in [6.45, 7) is 4.31. The van der Waals surface area contributed by atoms with Crippen LogP contribution in [-0.4, -0.2) is 44.5 Å². The van der Waals surface area contributed by atoms with E-state index in [1.165, 1.54) is 34.3 Å². The van der Waals surface area contributed by atoms with E-state index in [-0.39, 0.29) is 35.0 Å². The molecule has 5 atom stereocenters. The van der Waals surface area contributed by atoms with Crippen LogP contribution in [-0.2, 0) is 13.5 Å². The van der Waals surface area contributed by atoms with E-state index in [1.807, 2.05) is 13.0 Å². The number of aryl methyl sites for hydroxylation is 2. The highest BCUT2D eigenvalue weighted by molar-refractivity contribution is 7.20. The van der Waals surface area contributed by atoms with Crippen molar-refractivity contribution in [3.8, 4) is 0 Å². The first kappa shape index (κ1) is 22.0. The molecule has 7 heteroatoms. The Kier molecular flexibility index (Phi) is 5.19. The van der Waals surface area contributed by atoms with Crippen molar-refractivity contribution < 1.29 is 4.79 Å². The molecule has 2 bridgehead atoms. The minimum absolute atomic E-state index is 0.0776. The fourth-order valence-electron chi connectivity index (χ4n) is 6.97. The number of rotatable bonds is 3. The van der Waals surface area contributed by atoms with Crippen LogP contribution in [0.3, 0.4) is 0 Å². The van der Waals surface area contributed by atoms with Crippen LogP contribution >= 0.6 is 11.3 Å². The number of benzene rings is 1. The lowest BCUT2D eigenvalue weighted by molar-refractivity contribution is 0.00347. The van der Waals surface area contributed by atoms with Crippen molar-refractivity contribution in [1.82, 2.24) is 19.8 Å². The lowest BCUT2D eigenvalue weighted by Gasteiger charge is -2.51. The minimum atomic E-state index is -0.0829. The van der Waals surface area contributed by atoms with Crippen LogP contribution in [0.25, 0.3) is 10.2 Å². The van der Waals surface area contributed by atoms with Crippen LogP contribution in [0.5, 0.6) is 0 Å². The summed E-state index contributed by atoms with van der Waals surface area (Å²) in [5, 5.41) is 4.56. The van der Waals surface area contributed by atoms with E-state index < -0.39 is 0 Å². The van der Waals surface area contributed by atoms with Crippen molar-refractivity contribution in [2.24, 2.45) is 12.5 Å². The predicted octanol–water partition coefficient (Wildman–Crippen LogP) is 4.05. The number of likely N-dealkylation sites (tertiary alicyclic amines) is 1. The Morgan fingerprint density at radius 3 is 2.79 bits per heavy atom. The molecule has 0 unspecified atom stereocenters. The van der Waals surface area contributed by atoms with Crippen molar-refractivity contribution in [2.75, 3.05) is 0 Å². The number of nitrogens with one attached hydrogen (secondary N) is 1. The summed E-state index contributed by atoms with van der Waals surface area (Å²) in [6, 6.07) is 11.6. The number of hydrogen-bond acceptors (Lipinski definition) is 5. The SMILES string of the molecule is Cc1c(C(=O)N2[C@@H](Cc3ccccc3)[C@@H]3C[C@@]4(C)[C@H](CCCC[C@@H]24)N3)sc2ncn(C)c(=O)c12. The van der Waals surface area contributed by atoms with Crippen molar-refractivity contribution in [2.45, 2.75) is 76.5 Å². The van der Waals surface area contributed by atoms with E-state index in [1.54, 1.807) is 13.4 Å². The quantitative estimate of drug-likeness (QED) is 0.619. The van der Waals surface area contributed by atoms with Crippen LogP contribution < -0.4 is 10.9 Å². The van der Waals surface area contributed by atoms with Gasteiger partial charge in [0.2, 0.25) is 0 Å². The number of fused-ring (bicyclic) bond motifs is 2. The zero-order valence-electron chi connectivity index (χ0n) is 20.1. The van der Waals surface area contributed by atoms with Gasteiger partial charge in [0.25, 0.3) is 11.5 Å². The van der Waals surface area contributed by atoms with E-state index >= 15 is 0 Å². The molecule has 4 heterocycles. The molecule has 6 nitrogen and oxygen atoms in total. The molecule has 2 saturated heterocycles. The molecule has 6 rings (SSSR count). The number of thiophene rings is 1. The topological polar surface area (TPSA) is 67.2 Å². The maximum Gasteiger partial charge on any atom is 0.264 e. The molecule has 3 aromatic rings. The molecule has 1 amide bonds. The van der Waals surface area contributed by atoms with Crippen molar-refractivity contribution in [3.63, 3.8) is 0 Å². The molecule has 1 aliphatic carbocycles. The van der Waals surface area contributed by atoms with Gasteiger partial charge < -0.3 is 14.8 Å². The molecule has 3 fully saturated rings. The Balaban J connectivity index is 1.48. The number of aromatic nitrogens is 2. The first-order chi connectivity index (χ1) is 16.4. The van der Waals surface area contributed by atoms with Crippen molar-refractivity contribution in [1.29, 1.82) is 0 Å². The van der Waals surface area contributed by atoms with Crippen LogP contribution in [0.15, 0.2) is 41.5 Å². The van der Waals surface area contributed by atoms with Gasteiger partial charge in [-0.05, 0) is 43.7 Å². The highest BCUT2D eigenvalue weighted by atomic mass is 32.1.